The van der Waals surface area contributed by atoms with Gasteiger partial charge in [-0.05, 0) is 27.7 Å². The van der Waals surface area contributed by atoms with Gasteiger partial charge in [0.1, 0.15) is 5.54 Å². The molecular formula is C35H44N2O18. The fourth-order valence-corrected chi connectivity index (χ4v) is 4.39. The zero-order valence-electron chi connectivity index (χ0n) is 30.8. The maximum absolute atomic E-state index is 13.6. The molecule has 1 fully saturated rings. The number of aliphatic hydroxyl groups is 2. The summed E-state index contributed by atoms with van der Waals surface area (Å²) >= 11 is 0. The molecule has 3 amide bonds. The summed E-state index contributed by atoms with van der Waals surface area (Å²) in [6, 6.07) is -1.04. The molecule has 0 radical (unpaired) electrons. The number of nitrogens with zero attached hydrogens (tertiary/aromatic N) is 2. The molecule has 0 saturated carbocycles. The van der Waals surface area contributed by atoms with E-state index < -0.39 is 116 Å². The van der Waals surface area contributed by atoms with E-state index in [9.17, 15) is 48.6 Å². The third-order valence-corrected chi connectivity index (χ3v) is 6.99. The topological polar surface area (TPSA) is 257 Å². The summed E-state index contributed by atoms with van der Waals surface area (Å²) in [4.78, 5) is 101. The van der Waals surface area contributed by atoms with Crippen LogP contribution >= 0.6 is 0 Å². The zero-order valence-corrected chi connectivity index (χ0v) is 30.8. The first-order valence-electron chi connectivity index (χ1n) is 15.9. The summed E-state index contributed by atoms with van der Waals surface area (Å²) in [5.74, 6) is -18.2. The molecule has 2 unspecified atom stereocenters. The Morgan fingerprint density at radius 3 is 1.13 bits per heavy atom. The number of esters is 6. The fraction of sp³-hybridized carbons (Fsp3) is 0.429. The number of hydrogen-bond acceptors (Lipinski definition) is 18. The van der Waals surface area contributed by atoms with E-state index in [1.807, 2.05) is 0 Å². The lowest BCUT2D eigenvalue weighted by Gasteiger charge is -2.35. The number of β-amino-alcohol motifs (C(OH)–C–C–N with tert-alkyl or cyclic N) is 2. The van der Waals surface area contributed by atoms with Crippen molar-refractivity contribution in [1.82, 2.24) is 9.80 Å². The minimum absolute atomic E-state index is 0.597. The fourth-order valence-electron chi connectivity index (χ4n) is 4.39. The number of carbonyl (C=O) groups excluding carboxylic acids is 8. The van der Waals surface area contributed by atoms with E-state index in [1.54, 1.807) is 0 Å². The predicted molar refractivity (Wildman–Crippen MR) is 183 cm³/mol. The summed E-state index contributed by atoms with van der Waals surface area (Å²) in [6.07, 6.45) is 2.56. The SMILES string of the molecule is C=CC(=O)OC(CCOC(C)(O)CN1C(=O)N(CC(C)(O)OCCC(OC(=O)C=C)(OC(=O)C=C)OC(=O)C=C)C(C)(C)C1=O)(OC(=O)C=C)OC(=O)C=C. The molecule has 1 heterocycles. The van der Waals surface area contributed by atoms with Crippen molar-refractivity contribution in [3.05, 3.63) is 75.9 Å². The van der Waals surface area contributed by atoms with Gasteiger partial charge < -0.3 is 53.0 Å². The van der Waals surface area contributed by atoms with E-state index in [4.69, 9.17) is 37.9 Å². The molecule has 0 bridgehead atoms. The van der Waals surface area contributed by atoms with Gasteiger partial charge in [0.05, 0.1) is 39.1 Å². The number of urea groups is 1. The Morgan fingerprint density at radius 1 is 0.582 bits per heavy atom. The van der Waals surface area contributed by atoms with Gasteiger partial charge >= 0.3 is 53.8 Å². The standard InChI is InChI=1S/C35H44N2O18/c1-11-23(38)50-34(51-24(39)12-2,52-25(40)13-3)17-19-48-32(9,46)21-36-29(44)31(7,8)37(30(36)45)22-33(10,47)49-20-18-35(53-26(41)14-4,54-27(42)15-5)55-28(43)16-6/h11-16,46-47H,1-6,17-22H2,7-10H3. The molecule has 1 rings (SSSR count). The molecule has 2 atom stereocenters. The Hall–Kier alpha value is -5.96. The van der Waals surface area contributed by atoms with Gasteiger partial charge in [0.15, 0.2) is 11.6 Å². The normalized spacial score (nSPS) is 15.9. The van der Waals surface area contributed by atoms with Crippen molar-refractivity contribution in [2.75, 3.05) is 26.3 Å². The second-order valence-corrected chi connectivity index (χ2v) is 12.0. The van der Waals surface area contributed by atoms with Crippen LogP contribution in [0.25, 0.3) is 0 Å². The molecule has 55 heavy (non-hydrogen) atoms. The molecule has 0 aliphatic carbocycles. The van der Waals surface area contributed by atoms with Crippen LogP contribution in [0.5, 0.6) is 0 Å². The highest BCUT2D eigenvalue weighted by Crippen LogP contribution is 2.32. The van der Waals surface area contributed by atoms with Gasteiger partial charge in [-0.2, -0.15) is 0 Å². The van der Waals surface area contributed by atoms with Gasteiger partial charge in [-0.1, -0.05) is 39.5 Å². The molecule has 1 saturated heterocycles. The quantitative estimate of drug-likeness (QED) is 0.0598. The van der Waals surface area contributed by atoms with Crippen molar-refractivity contribution in [3.8, 4) is 0 Å². The molecule has 0 aromatic carbocycles. The maximum atomic E-state index is 13.6. The monoisotopic (exact) mass is 780 g/mol. The zero-order chi connectivity index (χ0) is 42.4. The maximum Gasteiger partial charge on any atom is 0.426 e. The van der Waals surface area contributed by atoms with Crippen LogP contribution in [0.3, 0.4) is 0 Å². The summed E-state index contributed by atoms with van der Waals surface area (Å²) < 4.78 is 40.8. The first kappa shape index (κ1) is 47.1. The first-order chi connectivity index (χ1) is 25.4. The van der Waals surface area contributed by atoms with E-state index in [0.29, 0.717) is 41.4 Å². The largest absolute Gasteiger partial charge is 0.426 e. The van der Waals surface area contributed by atoms with E-state index in [2.05, 4.69) is 39.5 Å². The van der Waals surface area contributed by atoms with Crippen molar-refractivity contribution in [3.63, 3.8) is 0 Å². The third kappa shape index (κ3) is 13.8. The van der Waals surface area contributed by atoms with Crippen molar-refractivity contribution in [2.45, 2.75) is 69.6 Å². The van der Waals surface area contributed by atoms with Gasteiger partial charge in [0.2, 0.25) is 0 Å². The molecule has 20 heteroatoms. The molecule has 302 valence electrons. The van der Waals surface area contributed by atoms with E-state index >= 15 is 0 Å². The van der Waals surface area contributed by atoms with Crippen molar-refractivity contribution in [2.24, 2.45) is 0 Å². The average Bonchev–Trinajstić information content (AvgIpc) is 3.25. The Bertz CT molecular complexity index is 1480. The van der Waals surface area contributed by atoms with Crippen LogP contribution < -0.4 is 0 Å². The highest BCUT2D eigenvalue weighted by atomic mass is 16.9. The minimum atomic E-state index is -2.75. The molecule has 1 aliphatic heterocycles. The summed E-state index contributed by atoms with van der Waals surface area (Å²) in [5, 5.41) is 22.2. The van der Waals surface area contributed by atoms with Crippen LogP contribution in [0.4, 0.5) is 4.79 Å². The highest BCUT2D eigenvalue weighted by molar-refractivity contribution is 6.06. The number of ether oxygens (including phenoxy) is 8. The Labute approximate surface area is 315 Å². The molecule has 1 aliphatic rings. The lowest BCUT2D eigenvalue weighted by molar-refractivity contribution is -0.336. The highest BCUT2D eigenvalue weighted by Gasteiger charge is 2.55. The molecule has 0 spiro atoms. The third-order valence-electron chi connectivity index (χ3n) is 6.99. The summed E-state index contributed by atoms with van der Waals surface area (Å²) in [6.45, 7) is 21.2. The molecule has 0 aromatic heterocycles. The number of rotatable bonds is 24. The van der Waals surface area contributed by atoms with Crippen LogP contribution in [0, 0.1) is 0 Å². The second-order valence-electron chi connectivity index (χ2n) is 12.0. The Balaban J connectivity index is 3.20. The van der Waals surface area contributed by atoms with Crippen LogP contribution in [-0.4, -0.2) is 123 Å². The van der Waals surface area contributed by atoms with Gasteiger partial charge in [-0.25, -0.2) is 33.6 Å². The molecule has 2 N–H and O–H groups in total. The van der Waals surface area contributed by atoms with Crippen molar-refractivity contribution in [1.29, 1.82) is 0 Å². The van der Waals surface area contributed by atoms with Gasteiger partial charge in [-0.15, -0.1) is 0 Å². The van der Waals surface area contributed by atoms with Gasteiger partial charge in [-0.3, -0.25) is 9.69 Å². The molecule has 0 aromatic rings. The van der Waals surface area contributed by atoms with Crippen LogP contribution in [0.1, 0.15) is 40.5 Å². The molecule has 20 nitrogen and oxygen atoms in total. The van der Waals surface area contributed by atoms with Crippen LogP contribution in [0.15, 0.2) is 75.9 Å². The minimum Gasteiger partial charge on any atom is -0.385 e. The van der Waals surface area contributed by atoms with E-state index in [1.165, 1.54) is 13.8 Å². The van der Waals surface area contributed by atoms with E-state index in [-0.39, 0.29) is 0 Å². The van der Waals surface area contributed by atoms with Gasteiger partial charge in [0, 0.05) is 36.5 Å². The van der Waals surface area contributed by atoms with Gasteiger partial charge in [0.25, 0.3) is 5.91 Å². The summed E-state index contributed by atoms with van der Waals surface area (Å²) in [5.41, 5.74) is -1.67. The second kappa shape index (κ2) is 19.4. The number of imide groups is 1. The predicted octanol–water partition coefficient (Wildman–Crippen LogP) is 0.942. The van der Waals surface area contributed by atoms with Crippen molar-refractivity contribution < 1.29 is 86.5 Å². The van der Waals surface area contributed by atoms with Crippen molar-refractivity contribution >= 4 is 47.8 Å². The Kier molecular flexibility index (Phi) is 16.6. The smallest absolute Gasteiger partial charge is 0.385 e. The first-order valence-corrected chi connectivity index (χ1v) is 15.9. The van der Waals surface area contributed by atoms with E-state index in [0.717, 1.165) is 18.7 Å². The summed E-state index contributed by atoms with van der Waals surface area (Å²) in [7, 11) is 0. The molecular weight excluding hydrogens is 736 g/mol. The number of carbonyl (C=O) groups is 8. The number of hydrogen-bond donors (Lipinski definition) is 2. The number of amides is 3. The lowest BCUT2D eigenvalue weighted by Crippen LogP contribution is -2.52. The van der Waals surface area contributed by atoms with Crippen LogP contribution in [0.2, 0.25) is 0 Å². The Morgan fingerprint density at radius 2 is 0.855 bits per heavy atom. The van der Waals surface area contributed by atoms with Crippen LogP contribution in [-0.2, 0) is 71.5 Å². The lowest BCUT2D eigenvalue weighted by atomic mass is 10.0. The average molecular weight is 781 g/mol.